The standard InChI is InChI=1S/C13H12O2.C12H10O2.C11H10N2O2.3C11H9NO2.C10H7NO2.3C2H6.CH5N/c1-9-4-3-5-10-8-11(13(14)15-2)6-7-12(9)10;1-8-3-2-4-9-7-10(12(13)14)5-6-11(8)9;1-15-11(14)10-6-5-7-8(12)3-2-4-9(7)13-10;3*1-14-11(13)10-7-6-8-4-2-3-5-9(8)12-10;12-10(13)9-6-5-7-3-1-2-4-8(7)11-9;4*1-2/h3-8H,1-2H3;2-7H,1H3,(H,13,14);2-6H,12H2,1H3;3*2-7H,1H3;1-6H,(H,12,13);3*1-2H3;2H2,1H3. The van der Waals surface area contributed by atoms with Crippen LogP contribution in [0.2, 0.25) is 0 Å². The van der Waals surface area contributed by atoms with Crippen molar-refractivity contribution in [2.75, 3.05) is 48.3 Å². The van der Waals surface area contributed by atoms with Crippen molar-refractivity contribution in [3.63, 3.8) is 0 Å². The van der Waals surface area contributed by atoms with Gasteiger partial charge in [-0.25, -0.2) is 58.5 Å². The fraction of sp³-hybridized carbons (Fsp3) is 0.163. The van der Waals surface area contributed by atoms with Crippen molar-refractivity contribution in [3.05, 3.63) is 299 Å². The Hall–Kier alpha value is -13.4. The summed E-state index contributed by atoms with van der Waals surface area (Å²) >= 11 is 0. The summed E-state index contributed by atoms with van der Waals surface area (Å²) in [6, 6.07) is 75.6. The first kappa shape index (κ1) is 86.0. The Morgan fingerprint density at radius 3 is 0.897 bits per heavy atom. The van der Waals surface area contributed by atoms with E-state index in [-0.39, 0.29) is 17.4 Å². The molecular weight excluding hydrogens is 1350 g/mol. The Morgan fingerprint density at radius 2 is 0.551 bits per heavy atom. The number of nitrogens with zero attached hydrogens (tertiary/aromatic N) is 5. The second-order valence-corrected chi connectivity index (χ2v) is 21.3. The van der Waals surface area contributed by atoms with E-state index in [0.717, 1.165) is 59.6 Å². The van der Waals surface area contributed by atoms with Crippen LogP contribution in [0.1, 0.15) is 126 Å². The van der Waals surface area contributed by atoms with Crippen molar-refractivity contribution in [1.82, 2.24) is 24.9 Å². The maximum atomic E-state index is 11.3. The molecule has 5 heterocycles. The number of nitrogens with two attached hydrogens (primary N) is 2. The molecule has 552 valence electrons. The Morgan fingerprint density at radius 1 is 0.280 bits per heavy atom. The highest BCUT2D eigenvalue weighted by atomic mass is 16.5. The predicted octanol–water partition coefficient (Wildman–Crippen LogP) is 18.0. The highest BCUT2D eigenvalue weighted by Crippen LogP contribution is 2.23. The molecule has 0 amide bonds. The number of pyridine rings is 5. The number of benzene rings is 9. The molecule has 9 aromatic carbocycles. The molecule has 0 saturated carbocycles. The Bertz CT molecular complexity index is 4970. The van der Waals surface area contributed by atoms with Gasteiger partial charge in [0.1, 0.15) is 28.5 Å². The van der Waals surface area contributed by atoms with Crippen LogP contribution >= 0.6 is 0 Å². The smallest absolute Gasteiger partial charge is 0.356 e. The van der Waals surface area contributed by atoms with E-state index in [1.165, 1.54) is 65.2 Å². The molecule has 5 aromatic heterocycles. The second-order valence-electron chi connectivity index (χ2n) is 21.3. The van der Waals surface area contributed by atoms with Gasteiger partial charge in [0.15, 0.2) is 0 Å². The van der Waals surface area contributed by atoms with Gasteiger partial charge in [-0.1, -0.05) is 193 Å². The quantitative estimate of drug-likeness (QED) is 0.0654. The van der Waals surface area contributed by atoms with Crippen LogP contribution in [0.25, 0.3) is 76.1 Å². The van der Waals surface area contributed by atoms with Crippen LogP contribution < -0.4 is 11.5 Å². The Labute approximate surface area is 621 Å². The van der Waals surface area contributed by atoms with Crippen LogP contribution in [0.5, 0.6) is 0 Å². The van der Waals surface area contributed by atoms with E-state index < -0.39 is 35.8 Å². The number of carbonyl (C=O) groups is 7. The molecule has 21 heteroatoms. The van der Waals surface area contributed by atoms with Crippen LogP contribution in [-0.4, -0.2) is 120 Å². The fourth-order valence-corrected chi connectivity index (χ4v) is 9.70. The number of nitrogen functional groups attached to an aromatic ring is 1. The van der Waals surface area contributed by atoms with Crippen molar-refractivity contribution >= 4 is 124 Å². The minimum atomic E-state index is -0.995. The average Bonchev–Trinajstić information content (AvgIpc) is 0.839. The zero-order valence-corrected chi connectivity index (χ0v) is 62.4. The molecule has 21 nitrogen and oxygen atoms in total. The number of para-hydroxylation sites is 4. The van der Waals surface area contributed by atoms with Gasteiger partial charge < -0.3 is 45.4 Å². The molecule has 14 aromatic rings. The number of aromatic nitrogens is 5. The summed E-state index contributed by atoms with van der Waals surface area (Å²) in [5.74, 6) is -3.83. The molecule has 0 atom stereocenters. The normalized spacial score (nSPS) is 9.64. The summed E-state index contributed by atoms with van der Waals surface area (Å²) in [4.78, 5) is 98.0. The lowest BCUT2D eigenvalue weighted by molar-refractivity contribution is 0.0586. The van der Waals surface area contributed by atoms with E-state index in [1.807, 2.05) is 206 Å². The highest BCUT2D eigenvalue weighted by Gasteiger charge is 2.13. The fourth-order valence-electron chi connectivity index (χ4n) is 9.70. The first-order chi connectivity index (χ1) is 51.8. The number of esters is 5. The molecule has 0 unspecified atom stereocenters. The van der Waals surface area contributed by atoms with Crippen LogP contribution in [0.4, 0.5) is 5.69 Å². The van der Waals surface area contributed by atoms with Crippen molar-refractivity contribution in [1.29, 1.82) is 0 Å². The molecule has 6 N–H and O–H groups in total. The molecule has 0 aliphatic heterocycles. The molecule has 0 fully saturated rings. The van der Waals surface area contributed by atoms with Gasteiger partial charge in [-0.05, 0) is 151 Å². The topological polar surface area (TPSA) is 323 Å². The number of hydrogen-bond donors (Lipinski definition) is 4. The number of methoxy groups -OCH3 is 5. The largest absolute Gasteiger partial charge is 0.478 e. The summed E-state index contributed by atoms with van der Waals surface area (Å²) in [6.07, 6.45) is 0. The first-order valence-electron chi connectivity index (χ1n) is 33.9. The first-order valence-corrected chi connectivity index (χ1v) is 33.9. The van der Waals surface area contributed by atoms with E-state index in [2.05, 4.69) is 67.3 Å². The number of anilines is 1. The molecule has 0 aliphatic rings. The zero-order valence-electron chi connectivity index (χ0n) is 62.4. The number of carbonyl (C=O) groups excluding carboxylic acids is 5. The van der Waals surface area contributed by atoms with Gasteiger partial charge in [0, 0.05) is 32.6 Å². The molecule has 0 radical (unpaired) electrons. The third-order valence-electron chi connectivity index (χ3n) is 14.8. The third kappa shape index (κ3) is 25.2. The number of rotatable bonds is 7. The van der Waals surface area contributed by atoms with Crippen molar-refractivity contribution in [3.8, 4) is 0 Å². The number of carboxylic acids is 2. The van der Waals surface area contributed by atoms with Crippen molar-refractivity contribution in [2.24, 2.45) is 5.73 Å². The Balaban J connectivity index is 0.000000260. The molecule has 0 spiro atoms. The Kier molecular flexibility index (Phi) is 36.6. The van der Waals surface area contributed by atoms with Crippen molar-refractivity contribution in [2.45, 2.75) is 55.4 Å². The highest BCUT2D eigenvalue weighted by molar-refractivity contribution is 5.99. The molecule has 0 aliphatic carbocycles. The summed E-state index contributed by atoms with van der Waals surface area (Å²) in [6.45, 7) is 16.1. The van der Waals surface area contributed by atoms with E-state index in [0.29, 0.717) is 44.9 Å². The van der Waals surface area contributed by atoms with Crippen molar-refractivity contribution < 1.29 is 67.5 Å². The van der Waals surface area contributed by atoms with Gasteiger partial charge in [-0.15, -0.1) is 0 Å². The van der Waals surface area contributed by atoms with E-state index in [9.17, 15) is 33.6 Å². The van der Waals surface area contributed by atoms with Gasteiger partial charge in [0.25, 0.3) is 0 Å². The van der Waals surface area contributed by atoms with E-state index in [1.54, 1.807) is 78.9 Å². The SMILES string of the molecule is CC.CC.CC.CN.COC(=O)c1ccc2c(C)cccc2c1.COC(=O)c1ccc2c(N)cccc2n1.COC(=O)c1ccc2ccccc2n1.COC(=O)c1ccc2ccccc2n1.COC(=O)c1ccc2ccccc2n1.Cc1cccc2cc(C(=O)O)ccc12.O=C(O)c1ccc2ccccc2n1. The predicted molar refractivity (Wildman–Crippen MR) is 425 cm³/mol. The third-order valence-corrected chi connectivity index (χ3v) is 14.8. The van der Waals surface area contributed by atoms with Gasteiger partial charge in [0.2, 0.25) is 0 Å². The van der Waals surface area contributed by atoms with Crippen LogP contribution in [-0.2, 0) is 23.7 Å². The van der Waals surface area contributed by atoms with Crippen LogP contribution in [0, 0.1) is 13.8 Å². The summed E-state index contributed by atoms with van der Waals surface area (Å²) in [5, 5.41) is 26.7. The lowest BCUT2D eigenvalue weighted by atomic mass is 10.0. The van der Waals surface area contributed by atoms with Gasteiger partial charge >= 0.3 is 41.8 Å². The minimum Gasteiger partial charge on any atom is -0.478 e. The van der Waals surface area contributed by atoms with Gasteiger partial charge in [0.05, 0.1) is 74.3 Å². The number of ether oxygens (including phenoxy) is 5. The zero-order chi connectivity index (χ0) is 79.0. The van der Waals surface area contributed by atoms with Gasteiger partial charge in [-0.3, -0.25) is 0 Å². The minimum absolute atomic E-state index is 0.0821. The summed E-state index contributed by atoms with van der Waals surface area (Å²) in [7, 11) is 8.26. The average molecular weight is 1440 g/mol. The van der Waals surface area contributed by atoms with E-state index in [4.69, 9.17) is 15.9 Å². The maximum Gasteiger partial charge on any atom is 0.356 e. The molecule has 0 saturated heterocycles. The number of fused-ring (bicyclic) bond motifs is 7. The number of aromatic carboxylic acids is 2. The summed E-state index contributed by atoms with van der Waals surface area (Å²) in [5.41, 5.74) is 19.4. The number of aryl methyl sites for hydroxylation is 2. The summed E-state index contributed by atoms with van der Waals surface area (Å²) < 4.78 is 23.0. The monoisotopic (exact) mass is 1440 g/mol. The van der Waals surface area contributed by atoms with Gasteiger partial charge in [-0.2, -0.15) is 0 Å². The number of hydrogen-bond acceptors (Lipinski definition) is 19. The lowest BCUT2D eigenvalue weighted by Gasteiger charge is -2.04. The van der Waals surface area contributed by atoms with Crippen LogP contribution in [0.15, 0.2) is 249 Å². The number of carboxylic acid groups (broad SMARTS) is 2. The molecule has 14 rings (SSSR count). The van der Waals surface area contributed by atoms with E-state index >= 15 is 0 Å². The van der Waals surface area contributed by atoms with Crippen LogP contribution in [0.3, 0.4) is 0 Å². The molecule has 0 bridgehead atoms. The molecule has 107 heavy (non-hydrogen) atoms. The second kappa shape index (κ2) is 45.6. The lowest BCUT2D eigenvalue weighted by Crippen LogP contribution is -2.04. The molecular formula is C86H89N7O14. The maximum absolute atomic E-state index is 11.3.